The number of nitrogens with zero attached hydrogens (tertiary/aromatic N) is 1. The van der Waals surface area contributed by atoms with Crippen molar-refractivity contribution in [3.05, 3.63) is 66.4 Å². The Morgan fingerprint density at radius 1 is 0.850 bits per heavy atom. The fraction of sp³-hybridized carbons (Fsp3) is 0.0556. The van der Waals surface area contributed by atoms with Crippen LogP contribution in [0.15, 0.2) is 60.8 Å². The molecule has 0 saturated heterocycles. The summed E-state index contributed by atoms with van der Waals surface area (Å²) >= 11 is 1.85. The Balaban J connectivity index is 1.97. The molecule has 0 aliphatic heterocycles. The summed E-state index contributed by atoms with van der Waals surface area (Å²) in [5.74, 6) is 0. The van der Waals surface area contributed by atoms with Gasteiger partial charge in [0, 0.05) is 31.9 Å². The number of rotatable bonds is 1. The van der Waals surface area contributed by atoms with Crippen LogP contribution >= 0.6 is 11.3 Å². The Morgan fingerprint density at radius 3 is 2.60 bits per heavy atom. The van der Waals surface area contributed by atoms with Crippen LogP contribution in [-0.2, 0) is 0 Å². The first-order chi connectivity index (χ1) is 9.81. The van der Waals surface area contributed by atoms with Crippen molar-refractivity contribution in [3.8, 4) is 11.3 Å². The van der Waals surface area contributed by atoms with Crippen molar-refractivity contribution in [1.29, 1.82) is 0 Å². The molecule has 0 saturated carbocycles. The van der Waals surface area contributed by atoms with Gasteiger partial charge in [-0.2, -0.15) is 0 Å². The van der Waals surface area contributed by atoms with Gasteiger partial charge in [-0.1, -0.05) is 30.3 Å². The maximum atomic E-state index is 4.48. The van der Waals surface area contributed by atoms with Gasteiger partial charge in [-0.05, 0) is 36.8 Å². The van der Waals surface area contributed by atoms with E-state index in [-0.39, 0.29) is 0 Å². The number of aromatic nitrogens is 1. The summed E-state index contributed by atoms with van der Waals surface area (Å²) in [4.78, 5) is 4.48. The lowest BCUT2D eigenvalue weighted by molar-refractivity contribution is 1.29. The number of fused-ring (bicyclic) bond motifs is 3. The Hall–Kier alpha value is -2.19. The van der Waals surface area contributed by atoms with Gasteiger partial charge in [0.05, 0.1) is 5.69 Å². The van der Waals surface area contributed by atoms with Gasteiger partial charge in [0.15, 0.2) is 0 Å². The predicted molar refractivity (Wildman–Crippen MR) is 87.3 cm³/mol. The summed E-state index contributed by atoms with van der Waals surface area (Å²) in [6, 6.07) is 19.4. The number of benzene rings is 2. The molecule has 96 valence electrons. The molecule has 0 radical (unpaired) electrons. The zero-order valence-electron chi connectivity index (χ0n) is 11.1. The second kappa shape index (κ2) is 4.43. The van der Waals surface area contributed by atoms with Gasteiger partial charge in [-0.3, -0.25) is 4.98 Å². The third-order valence-corrected chi connectivity index (χ3v) is 4.72. The molecule has 2 heterocycles. The van der Waals surface area contributed by atoms with E-state index >= 15 is 0 Å². The van der Waals surface area contributed by atoms with Gasteiger partial charge in [-0.25, -0.2) is 0 Å². The van der Waals surface area contributed by atoms with Gasteiger partial charge in [0.1, 0.15) is 0 Å². The third-order valence-electron chi connectivity index (χ3n) is 3.59. The first-order valence-electron chi connectivity index (χ1n) is 6.65. The average Bonchev–Trinajstić information content (AvgIpc) is 2.85. The molecule has 0 N–H and O–H groups in total. The Kier molecular flexibility index (Phi) is 2.57. The highest BCUT2D eigenvalue weighted by atomic mass is 32.1. The molecule has 0 bridgehead atoms. The summed E-state index contributed by atoms with van der Waals surface area (Å²) in [6.07, 6.45) is 1.87. The lowest BCUT2D eigenvalue weighted by atomic mass is 10.1. The van der Waals surface area contributed by atoms with Crippen LogP contribution in [0.1, 0.15) is 5.56 Å². The molecule has 0 spiro atoms. The Morgan fingerprint density at radius 2 is 1.70 bits per heavy atom. The molecular weight excluding hydrogens is 262 g/mol. The van der Waals surface area contributed by atoms with E-state index in [0.29, 0.717) is 0 Å². The first-order valence-corrected chi connectivity index (χ1v) is 7.47. The van der Waals surface area contributed by atoms with E-state index in [1.54, 1.807) is 0 Å². The molecule has 4 rings (SSSR count). The SMILES string of the molecule is Cc1ccnc(-c2ccc3c(c2)sc2ccccc23)c1. The van der Waals surface area contributed by atoms with Crippen LogP contribution in [0.3, 0.4) is 0 Å². The minimum Gasteiger partial charge on any atom is -0.256 e. The Labute approximate surface area is 121 Å². The number of hydrogen-bond donors (Lipinski definition) is 0. The van der Waals surface area contributed by atoms with Crippen molar-refractivity contribution >= 4 is 31.5 Å². The van der Waals surface area contributed by atoms with Gasteiger partial charge >= 0.3 is 0 Å². The minimum absolute atomic E-state index is 1.05. The number of aryl methyl sites for hydroxylation is 1. The Bertz CT molecular complexity index is 921. The van der Waals surface area contributed by atoms with E-state index in [1.807, 2.05) is 23.6 Å². The van der Waals surface area contributed by atoms with Gasteiger partial charge in [-0.15, -0.1) is 11.3 Å². The second-order valence-corrected chi connectivity index (χ2v) is 6.11. The van der Waals surface area contributed by atoms with Crippen molar-refractivity contribution in [3.63, 3.8) is 0 Å². The number of thiophene rings is 1. The molecule has 0 amide bonds. The highest BCUT2D eigenvalue weighted by Crippen LogP contribution is 2.35. The molecule has 2 aromatic carbocycles. The average molecular weight is 275 g/mol. The topological polar surface area (TPSA) is 12.9 Å². The molecule has 0 aliphatic rings. The van der Waals surface area contributed by atoms with Gasteiger partial charge in [0.2, 0.25) is 0 Å². The largest absolute Gasteiger partial charge is 0.256 e. The smallest absolute Gasteiger partial charge is 0.0705 e. The lowest BCUT2D eigenvalue weighted by Crippen LogP contribution is -1.83. The lowest BCUT2D eigenvalue weighted by Gasteiger charge is -2.02. The van der Waals surface area contributed by atoms with Crippen LogP contribution in [0.4, 0.5) is 0 Å². The molecular formula is C18H13NS. The fourth-order valence-corrected chi connectivity index (χ4v) is 3.72. The standard InChI is InChI=1S/C18H13NS/c1-12-8-9-19-16(10-12)13-6-7-15-14-4-2-3-5-17(14)20-18(15)11-13/h2-11H,1H3. The van der Waals surface area contributed by atoms with Crippen molar-refractivity contribution in [2.45, 2.75) is 6.92 Å². The number of pyridine rings is 1. The van der Waals surface area contributed by atoms with E-state index in [2.05, 4.69) is 60.4 Å². The van der Waals surface area contributed by atoms with E-state index < -0.39 is 0 Å². The van der Waals surface area contributed by atoms with Crippen molar-refractivity contribution in [1.82, 2.24) is 4.98 Å². The summed E-state index contributed by atoms with van der Waals surface area (Å²) < 4.78 is 2.67. The van der Waals surface area contributed by atoms with Crippen LogP contribution in [0, 0.1) is 6.92 Å². The fourth-order valence-electron chi connectivity index (χ4n) is 2.58. The molecule has 1 nitrogen and oxygen atoms in total. The van der Waals surface area contributed by atoms with Crippen LogP contribution in [0.2, 0.25) is 0 Å². The maximum Gasteiger partial charge on any atom is 0.0705 e. The van der Waals surface area contributed by atoms with Crippen LogP contribution < -0.4 is 0 Å². The molecule has 2 heteroatoms. The molecule has 0 aliphatic carbocycles. The van der Waals surface area contributed by atoms with E-state index in [1.165, 1.54) is 31.3 Å². The monoisotopic (exact) mass is 275 g/mol. The molecule has 2 aromatic heterocycles. The molecule has 0 fully saturated rings. The van der Waals surface area contributed by atoms with Crippen LogP contribution in [0.25, 0.3) is 31.4 Å². The summed E-state index contributed by atoms with van der Waals surface area (Å²) in [5.41, 5.74) is 3.48. The van der Waals surface area contributed by atoms with Crippen molar-refractivity contribution in [2.24, 2.45) is 0 Å². The summed E-state index contributed by atoms with van der Waals surface area (Å²) in [5, 5.41) is 2.68. The van der Waals surface area contributed by atoms with E-state index in [0.717, 1.165) is 5.69 Å². The van der Waals surface area contributed by atoms with Crippen molar-refractivity contribution < 1.29 is 0 Å². The molecule has 0 unspecified atom stereocenters. The molecule has 0 atom stereocenters. The van der Waals surface area contributed by atoms with Gasteiger partial charge in [0.25, 0.3) is 0 Å². The normalized spacial score (nSPS) is 11.2. The highest BCUT2D eigenvalue weighted by Gasteiger charge is 2.06. The van der Waals surface area contributed by atoms with Crippen LogP contribution in [-0.4, -0.2) is 4.98 Å². The van der Waals surface area contributed by atoms with Gasteiger partial charge < -0.3 is 0 Å². The van der Waals surface area contributed by atoms with E-state index in [4.69, 9.17) is 0 Å². The first kappa shape index (κ1) is 11.6. The zero-order valence-corrected chi connectivity index (χ0v) is 11.9. The minimum atomic E-state index is 1.05. The van der Waals surface area contributed by atoms with Crippen LogP contribution in [0.5, 0.6) is 0 Å². The van der Waals surface area contributed by atoms with Crippen molar-refractivity contribution in [2.75, 3.05) is 0 Å². The quantitative estimate of drug-likeness (QED) is 0.451. The molecule has 4 aromatic rings. The highest BCUT2D eigenvalue weighted by molar-refractivity contribution is 7.25. The van der Waals surface area contributed by atoms with E-state index in [9.17, 15) is 0 Å². The molecule has 20 heavy (non-hydrogen) atoms. The summed E-state index contributed by atoms with van der Waals surface area (Å²) in [6.45, 7) is 2.10. The zero-order chi connectivity index (χ0) is 13.5. The number of hydrogen-bond acceptors (Lipinski definition) is 2. The second-order valence-electron chi connectivity index (χ2n) is 5.03. The third kappa shape index (κ3) is 1.81. The maximum absolute atomic E-state index is 4.48. The summed E-state index contributed by atoms with van der Waals surface area (Å²) in [7, 11) is 0. The predicted octanol–water partition coefficient (Wildman–Crippen LogP) is 5.42.